The van der Waals surface area contributed by atoms with E-state index in [1.165, 1.54) is 48.8 Å². The zero-order chi connectivity index (χ0) is 11.3. The van der Waals surface area contributed by atoms with Gasteiger partial charge in [-0.2, -0.15) is 0 Å². The molecule has 1 aliphatic carbocycles. The van der Waals surface area contributed by atoms with Crippen molar-refractivity contribution in [2.75, 3.05) is 0 Å². The highest BCUT2D eigenvalue weighted by Crippen LogP contribution is 2.32. The van der Waals surface area contributed by atoms with Crippen molar-refractivity contribution in [3.05, 3.63) is 35.5 Å². The third-order valence-corrected chi connectivity index (χ3v) is 3.23. The largest absolute Gasteiger partial charge is 0.0988 e. The molecule has 92 valence electrons. The summed E-state index contributed by atoms with van der Waals surface area (Å²) in [5, 5.41) is 0. The van der Waals surface area contributed by atoms with E-state index in [1.54, 1.807) is 0 Å². The molecule has 0 aromatic rings. The molecule has 0 nitrogen and oxygen atoms in total. The maximum atomic E-state index is 3.98. The van der Waals surface area contributed by atoms with Crippen molar-refractivity contribution in [3.63, 3.8) is 0 Å². The molecule has 0 bridgehead atoms. The summed E-state index contributed by atoms with van der Waals surface area (Å²) in [5.74, 6) is 0.770. The van der Waals surface area contributed by atoms with Gasteiger partial charge in [0.2, 0.25) is 0 Å². The molecule has 0 radical (unpaired) electrons. The second kappa shape index (κ2) is 7.49. The van der Waals surface area contributed by atoms with Crippen LogP contribution in [0.3, 0.4) is 0 Å². The Morgan fingerprint density at radius 1 is 1.06 bits per heavy atom. The Balaban J connectivity index is 0.00000225. The molecule has 0 aromatic carbocycles. The van der Waals surface area contributed by atoms with Gasteiger partial charge in [0.25, 0.3) is 0 Å². The van der Waals surface area contributed by atoms with Crippen LogP contribution in [0.15, 0.2) is 35.5 Å². The molecule has 1 saturated carbocycles. The Labute approximate surface area is 102 Å². The normalized spacial score (nSPS) is 18.2. The third kappa shape index (κ3) is 4.38. The molecule has 0 heteroatoms. The number of hydrogen-bond donors (Lipinski definition) is 0. The summed E-state index contributed by atoms with van der Waals surface area (Å²) in [4.78, 5) is 0. The van der Waals surface area contributed by atoms with Crippen LogP contribution in [0.1, 0.15) is 60.3 Å². The van der Waals surface area contributed by atoms with Gasteiger partial charge in [0.15, 0.2) is 0 Å². The Morgan fingerprint density at radius 3 is 2.06 bits per heavy atom. The first-order valence-corrected chi connectivity index (χ1v) is 6.13. The minimum absolute atomic E-state index is 0. The van der Waals surface area contributed by atoms with E-state index >= 15 is 0 Å². The predicted molar refractivity (Wildman–Crippen MR) is 75.6 cm³/mol. The van der Waals surface area contributed by atoms with Crippen LogP contribution >= 0.6 is 0 Å². The summed E-state index contributed by atoms with van der Waals surface area (Å²) in [5.41, 5.74) is 4.27. The van der Waals surface area contributed by atoms with Crippen LogP contribution in [-0.2, 0) is 0 Å². The SMILES string of the molecule is C.C=C/C(=C(/C)C=C(C)C)C1CCCCC1. The maximum Gasteiger partial charge on any atom is -0.0160 e. The van der Waals surface area contributed by atoms with Crippen LogP contribution in [0.2, 0.25) is 0 Å². The first-order chi connectivity index (χ1) is 7.15. The second-order valence-corrected chi connectivity index (χ2v) is 4.90. The Hall–Kier alpha value is -0.780. The highest BCUT2D eigenvalue weighted by atomic mass is 14.2. The lowest BCUT2D eigenvalue weighted by Crippen LogP contribution is -2.09. The predicted octanol–water partition coefficient (Wildman–Crippen LogP) is 5.67. The molecule has 1 fully saturated rings. The third-order valence-electron chi connectivity index (χ3n) is 3.23. The average molecular weight is 220 g/mol. The highest BCUT2D eigenvalue weighted by Gasteiger charge is 2.16. The lowest BCUT2D eigenvalue weighted by molar-refractivity contribution is 0.407. The minimum Gasteiger partial charge on any atom is -0.0988 e. The van der Waals surface area contributed by atoms with Crippen LogP contribution in [0.25, 0.3) is 0 Å². The van der Waals surface area contributed by atoms with Crippen LogP contribution in [0.5, 0.6) is 0 Å². The summed E-state index contributed by atoms with van der Waals surface area (Å²) in [6.07, 6.45) is 11.3. The van der Waals surface area contributed by atoms with Gasteiger partial charge in [0, 0.05) is 0 Å². The fraction of sp³-hybridized carbons (Fsp3) is 0.625. The van der Waals surface area contributed by atoms with E-state index in [-0.39, 0.29) is 7.43 Å². The molecule has 0 unspecified atom stereocenters. The molecule has 0 aliphatic heterocycles. The van der Waals surface area contributed by atoms with E-state index in [4.69, 9.17) is 0 Å². The average Bonchev–Trinajstić information content (AvgIpc) is 2.19. The Kier molecular flexibility index (Phi) is 7.12. The van der Waals surface area contributed by atoms with Crippen LogP contribution < -0.4 is 0 Å². The lowest BCUT2D eigenvalue weighted by atomic mass is 9.82. The van der Waals surface area contributed by atoms with Crippen LogP contribution in [0, 0.1) is 5.92 Å². The van der Waals surface area contributed by atoms with Crippen molar-refractivity contribution in [1.29, 1.82) is 0 Å². The van der Waals surface area contributed by atoms with E-state index in [0.717, 1.165) is 5.92 Å². The fourth-order valence-corrected chi connectivity index (χ4v) is 2.58. The van der Waals surface area contributed by atoms with Gasteiger partial charge in [-0.25, -0.2) is 0 Å². The van der Waals surface area contributed by atoms with Gasteiger partial charge < -0.3 is 0 Å². The van der Waals surface area contributed by atoms with E-state index in [1.807, 2.05) is 0 Å². The van der Waals surface area contributed by atoms with Crippen molar-refractivity contribution in [1.82, 2.24) is 0 Å². The zero-order valence-electron chi connectivity index (χ0n) is 10.5. The zero-order valence-corrected chi connectivity index (χ0v) is 10.5. The fourth-order valence-electron chi connectivity index (χ4n) is 2.58. The van der Waals surface area contributed by atoms with Gasteiger partial charge in [-0.3, -0.25) is 0 Å². The molecule has 0 amide bonds. The van der Waals surface area contributed by atoms with Gasteiger partial charge in [-0.15, -0.1) is 0 Å². The molecule has 0 aromatic heterocycles. The molecular formula is C16H28. The number of hydrogen-bond acceptors (Lipinski definition) is 0. The molecule has 0 N–H and O–H groups in total. The number of allylic oxidation sites excluding steroid dienone is 5. The molecule has 1 rings (SSSR count). The van der Waals surface area contributed by atoms with E-state index in [0.29, 0.717) is 0 Å². The van der Waals surface area contributed by atoms with Crippen molar-refractivity contribution >= 4 is 0 Å². The molecule has 0 heterocycles. The monoisotopic (exact) mass is 220 g/mol. The molecule has 0 spiro atoms. The van der Waals surface area contributed by atoms with Gasteiger partial charge in [-0.1, -0.05) is 51.0 Å². The van der Waals surface area contributed by atoms with Crippen molar-refractivity contribution in [2.24, 2.45) is 5.92 Å². The van der Waals surface area contributed by atoms with Crippen molar-refractivity contribution in [3.8, 4) is 0 Å². The lowest BCUT2D eigenvalue weighted by Gasteiger charge is -2.24. The summed E-state index contributed by atoms with van der Waals surface area (Å²) >= 11 is 0. The Morgan fingerprint density at radius 2 is 1.62 bits per heavy atom. The van der Waals surface area contributed by atoms with Gasteiger partial charge in [-0.05, 0) is 50.7 Å². The van der Waals surface area contributed by atoms with E-state index in [9.17, 15) is 0 Å². The van der Waals surface area contributed by atoms with Gasteiger partial charge >= 0.3 is 0 Å². The molecule has 1 aliphatic rings. The standard InChI is InChI=1S/C15H24.CH4/c1-5-15(13(4)11-12(2)3)14-9-7-6-8-10-14;/h5,11,14H,1,6-10H2,2-4H3;1H4/b15-13+;. The summed E-state index contributed by atoms with van der Waals surface area (Å²) in [7, 11) is 0. The second-order valence-electron chi connectivity index (χ2n) is 4.90. The topological polar surface area (TPSA) is 0 Å². The van der Waals surface area contributed by atoms with E-state index < -0.39 is 0 Å². The molecule has 16 heavy (non-hydrogen) atoms. The highest BCUT2D eigenvalue weighted by molar-refractivity contribution is 5.34. The summed E-state index contributed by atoms with van der Waals surface area (Å²) in [6.45, 7) is 10.5. The summed E-state index contributed by atoms with van der Waals surface area (Å²) < 4.78 is 0. The van der Waals surface area contributed by atoms with Crippen LogP contribution in [0.4, 0.5) is 0 Å². The smallest absolute Gasteiger partial charge is 0.0160 e. The minimum atomic E-state index is 0. The van der Waals surface area contributed by atoms with Crippen molar-refractivity contribution in [2.45, 2.75) is 60.3 Å². The first-order valence-electron chi connectivity index (χ1n) is 6.13. The molecular weight excluding hydrogens is 192 g/mol. The first kappa shape index (κ1) is 15.2. The van der Waals surface area contributed by atoms with Gasteiger partial charge in [0.05, 0.1) is 0 Å². The number of rotatable bonds is 3. The maximum absolute atomic E-state index is 3.98. The molecule has 0 saturated heterocycles. The van der Waals surface area contributed by atoms with Crippen LogP contribution in [-0.4, -0.2) is 0 Å². The summed E-state index contributed by atoms with van der Waals surface area (Å²) in [6, 6.07) is 0. The van der Waals surface area contributed by atoms with Gasteiger partial charge in [0.1, 0.15) is 0 Å². The Bertz CT molecular complexity index is 268. The van der Waals surface area contributed by atoms with E-state index in [2.05, 4.69) is 39.5 Å². The van der Waals surface area contributed by atoms with Crippen molar-refractivity contribution < 1.29 is 0 Å². The quantitative estimate of drug-likeness (QED) is 0.537. The molecule has 0 atom stereocenters.